The second-order valence-corrected chi connectivity index (χ2v) is 6.33. The minimum Gasteiger partial charge on any atom is -0.422 e. The number of carbonyl (C=O) groups excluding carboxylic acids is 1. The van der Waals surface area contributed by atoms with Gasteiger partial charge in [0.25, 0.3) is 5.91 Å². The maximum Gasteiger partial charge on any atom is 0.255 e. The number of aromatic nitrogens is 3. The van der Waals surface area contributed by atoms with Crippen LogP contribution in [0, 0.1) is 13.8 Å². The lowest BCUT2D eigenvalue weighted by molar-refractivity contribution is -0.0351. The van der Waals surface area contributed by atoms with Gasteiger partial charge in [0, 0.05) is 18.2 Å². The highest BCUT2D eigenvalue weighted by atomic mass is 16.5. The van der Waals surface area contributed by atoms with Crippen molar-refractivity contribution in [1.82, 2.24) is 20.1 Å². The molecule has 0 unspecified atom stereocenters. The molecule has 1 fully saturated rings. The average molecular weight is 330 g/mol. The molecule has 1 atom stereocenters. The zero-order chi connectivity index (χ0) is 17.3. The van der Waals surface area contributed by atoms with Gasteiger partial charge >= 0.3 is 0 Å². The van der Waals surface area contributed by atoms with Gasteiger partial charge in [-0.2, -0.15) is 0 Å². The largest absolute Gasteiger partial charge is 0.422 e. The molecule has 0 spiro atoms. The first-order valence-electron chi connectivity index (χ1n) is 8.14. The third-order valence-electron chi connectivity index (χ3n) is 4.03. The van der Waals surface area contributed by atoms with Gasteiger partial charge in [0.15, 0.2) is 6.10 Å². The lowest BCUT2D eigenvalue weighted by Gasteiger charge is -2.31. The molecule has 0 aliphatic carbocycles. The van der Waals surface area contributed by atoms with Crippen LogP contribution in [0.3, 0.4) is 0 Å². The summed E-state index contributed by atoms with van der Waals surface area (Å²) in [6.07, 6.45) is -0.388. The van der Waals surface area contributed by atoms with Crippen molar-refractivity contribution in [1.29, 1.82) is 0 Å². The van der Waals surface area contributed by atoms with Crippen LogP contribution in [0.5, 0.6) is 0 Å². The lowest BCUT2D eigenvalue weighted by atomic mass is 10.1. The molecule has 7 nitrogen and oxygen atoms in total. The van der Waals surface area contributed by atoms with Crippen molar-refractivity contribution < 1.29 is 13.9 Å². The molecule has 0 bridgehead atoms. The van der Waals surface area contributed by atoms with E-state index in [1.807, 2.05) is 39.8 Å². The van der Waals surface area contributed by atoms with Gasteiger partial charge in [-0.3, -0.25) is 9.78 Å². The van der Waals surface area contributed by atoms with Crippen molar-refractivity contribution in [2.24, 2.45) is 0 Å². The van der Waals surface area contributed by atoms with Crippen LogP contribution in [0.15, 0.2) is 16.5 Å². The van der Waals surface area contributed by atoms with Gasteiger partial charge in [-0.25, -0.2) is 0 Å². The van der Waals surface area contributed by atoms with Crippen LogP contribution in [0.25, 0.3) is 0 Å². The van der Waals surface area contributed by atoms with Crippen LogP contribution in [-0.4, -0.2) is 45.7 Å². The number of hydrogen-bond donors (Lipinski definition) is 0. The number of aryl methyl sites for hydroxylation is 2. The molecule has 1 aliphatic heterocycles. The maximum absolute atomic E-state index is 12.8. The monoisotopic (exact) mass is 330 g/mol. The Balaban J connectivity index is 1.76. The number of rotatable bonds is 3. The highest BCUT2D eigenvalue weighted by molar-refractivity contribution is 5.95. The van der Waals surface area contributed by atoms with Crippen molar-refractivity contribution in [3.8, 4) is 0 Å². The zero-order valence-corrected chi connectivity index (χ0v) is 14.4. The molecule has 2 aromatic rings. The molecule has 1 aliphatic rings. The number of ether oxygens (including phenoxy) is 1. The molecule has 0 radical (unpaired) electrons. The average Bonchev–Trinajstić information content (AvgIpc) is 3.05. The molecule has 128 valence electrons. The second-order valence-electron chi connectivity index (χ2n) is 6.33. The summed E-state index contributed by atoms with van der Waals surface area (Å²) >= 11 is 0. The third-order valence-corrected chi connectivity index (χ3v) is 4.03. The van der Waals surface area contributed by atoms with Gasteiger partial charge in [-0.1, -0.05) is 13.8 Å². The predicted molar refractivity (Wildman–Crippen MR) is 86.7 cm³/mol. The van der Waals surface area contributed by atoms with E-state index in [1.165, 1.54) is 0 Å². The fourth-order valence-corrected chi connectivity index (χ4v) is 2.68. The summed E-state index contributed by atoms with van der Waals surface area (Å²) < 4.78 is 11.4. The molecule has 24 heavy (non-hydrogen) atoms. The van der Waals surface area contributed by atoms with Crippen molar-refractivity contribution in [3.63, 3.8) is 0 Å². The fourth-order valence-electron chi connectivity index (χ4n) is 2.68. The van der Waals surface area contributed by atoms with Gasteiger partial charge in [0.2, 0.25) is 11.8 Å². The number of amides is 1. The Hall–Kier alpha value is -2.28. The Morgan fingerprint density at radius 3 is 2.75 bits per heavy atom. The standard InChI is InChI=1S/C17H22N4O3/c1-10(2)15-19-20-16(24-15)14-9-21(7-8-23-14)17(22)13-6-5-11(3)18-12(13)4/h5-6,10,14H,7-9H2,1-4H3/t14-/m1/s1. The van der Waals surface area contributed by atoms with E-state index in [1.54, 1.807) is 4.90 Å². The summed E-state index contributed by atoms with van der Waals surface area (Å²) in [6.45, 7) is 9.11. The Kier molecular flexibility index (Phi) is 4.62. The fraction of sp³-hybridized carbons (Fsp3) is 0.529. The molecule has 1 saturated heterocycles. The smallest absolute Gasteiger partial charge is 0.255 e. The third kappa shape index (κ3) is 3.31. The molecule has 2 aromatic heterocycles. The number of pyridine rings is 1. The normalized spacial score (nSPS) is 18.2. The minimum absolute atomic E-state index is 0.0445. The van der Waals surface area contributed by atoms with Crippen molar-refractivity contribution >= 4 is 5.91 Å². The van der Waals surface area contributed by atoms with Crippen molar-refractivity contribution in [2.75, 3.05) is 19.7 Å². The van der Waals surface area contributed by atoms with E-state index in [-0.39, 0.29) is 17.9 Å². The van der Waals surface area contributed by atoms with Gasteiger partial charge < -0.3 is 14.1 Å². The number of morpholine rings is 1. The highest BCUT2D eigenvalue weighted by Gasteiger charge is 2.30. The van der Waals surface area contributed by atoms with Crippen LogP contribution in [-0.2, 0) is 4.74 Å². The number of carbonyl (C=O) groups is 1. The molecule has 3 heterocycles. The lowest BCUT2D eigenvalue weighted by Crippen LogP contribution is -2.42. The molecule has 0 saturated carbocycles. The van der Waals surface area contributed by atoms with E-state index in [4.69, 9.17) is 9.15 Å². The SMILES string of the molecule is Cc1ccc(C(=O)N2CCO[C@@H](c3nnc(C(C)C)o3)C2)c(C)n1. The molecule has 1 amide bonds. The Morgan fingerprint density at radius 1 is 1.29 bits per heavy atom. The molecule has 3 rings (SSSR count). The minimum atomic E-state index is -0.388. The number of hydrogen-bond acceptors (Lipinski definition) is 6. The summed E-state index contributed by atoms with van der Waals surface area (Å²) in [5.74, 6) is 1.12. The van der Waals surface area contributed by atoms with Gasteiger partial charge in [-0.15, -0.1) is 10.2 Å². The maximum atomic E-state index is 12.8. The van der Waals surface area contributed by atoms with E-state index in [9.17, 15) is 4.79 Å². The quantitative estimate of drug-likeness (QED) is 0.859. The second kappa shape index (κ2) is 6.68. The molecular formula is C17H22N4O3. The first-order chi connectivity index (χ1) is 11.5. The van der Waals surface area contributed by atoms with Crippen LogP contribution < -0.4 is 0 Å². The summed E-state index contributed by atoms with van der Waals surface area (Å²) in [6, 6.07) is 3.68. The summed E-state index contributed by atoms with van der Waals surface area (Å²) in [5.41, 5.74) is 2.26. The van der Waals surface area contributed by atoms with Crippen molar-refractivity contribution in [3.05, 3.63) is 40.9 Å². The first kappa shape index (κ1) is 16.6. The van der Waals surface area contributed by atoms with E-state index >= 15 is 0 Å². The summed E-state index contributed by atoms with van der Waals surface area (Å²) in [5, 5.41) is 8.10. The first-order valence-corrected chi connectivity index (χ1v) is 8.14. The Morgan fingerprint density at radius 2 is 2.08 bits per heavy atom. The molecule has 0 aromatic carbocycles. The van der Waals surface area contributed by atoms with Gasteiger partial charge in [0.05, 0.1) is 24.4 Å². The highest BCUT2D eigenvalue weighted by Crippen LogP contribution is 2.24. The van der Waals surface area contributed by atoms with E-state index in [0.717, 1.165) is 11.4 Å². The van der Waals surface area contributed by atoms with E-state index < -0.39 is 0 Å². The van der Waals surface area contributed by atoms with Gasteiger partial charge in [-0.05, 0) is 26.0 Å². The van der Waals surface area contributed by atoms with Gasteiger partial charge in [0.1, 0.15) is 0 Å². The van der Waals surface area contributed by atoms with Crippen LogP contribution in [0.2, 0.25) is 0 Å². The predicted octanol–water partition coefficient (Wildman–Crippen LogP) is 2.42. The van der Waals surface area contributed by atoms with Crippen LogP contribution in [0.4, 0.5) is 0 Å². The summed E-state index contributed by atoms with van der Waals surface area (Å²) in [7, 11) is 0. The van der Waals surface area contributed by atoms with E-state index in [0.29, 0.717) is 37.0 Å². The van der Waals surface area contributed by atoms with Crippen LogP contribution in [0.1, 0.15) is 59.4 Å². The summed E-state index contributed by atoms with van der Waals surface area (Å²) in [4.78, 5) is 18.9. The zero-order valence-electron chi connectivity index (χ0n) is 14.4. The molecular weight excluding hydrogens is 308 g/mol. The Labute approximate surface area is 141 Å². The Bertz CT molecular complexity index is 741. The molecule has 7 heteroatoms. The number of nitrogens with zero attached hydrogens (tertiary/aromatic N) is 4. The van der Waals surface area contributed by atoms with Crippen LogP contribution >= 0.6 is 0 Å². The van der Waals surface area contributed by atoms with Crippen molar-refractivity contribution in [2.45, 2.75) is 39.7 Å². The topological polar surface area (TPSA) is 81.4 Å². The molecule has 0 N–H and O–H groups in total. The van der Waals surface area contributed by atoms with E-state index in [2.05, 4.69) is 15.2 Å².